The highest BCUT2D eigenvalue weighted by molar-refractivity contribution is 6.00. The van der Waals surface area contributed by atoms with E-state index in [4.69, 9.17) is 4.52 Å². The first-order valence-corrected chi connectivity index (χ1v) is 5.75. The molecule has 2 rings (SSSR count). The van der Waals surface area contributed by atoms with Gasteiger partial charge in [-0.1, -0.05) is 35.5 Å². The Labute approximate surface area is 112 Å². The largest absolute Gasteiger partial charge is 0.405 e. The predicted molar refractivity (Wildman–Crippen MR) is 65.1 cm³/mol. The molecule has 0 fully saturated rings. The van der Waals surface area contributed by atoms with Crippen molar-refractivity contribution in [2.24, 2.45) is 0 Å². The van der Waals surface area contributed by atoms with Crippen molar-refractivity contribution in [3.8, 4) is 11.3 Å². The Kier molecular flexibility index (Phi) is 3.78. The van der Waals surface area contributed by atoms with Crippen molar-refractivity contribution in [3.05, 3.63) is 41.7 Å². The van der Waals surface area contributed by atoms with Crippen LogP contribution in [0.2, 0.25) is 0 Å². The molecule has 4 nitrogen and oxygen atoms in total. The van der Waals surface area contributed by atoms with Crippen molar-refractivity contribution >= 4 is 5.91 Å². The second kappa shape index (κ2) is 5.36. The molecule has 0 saturated heterocycles. The van der Waals surface area contributed by atoms with Gasteiger partial charge in [0.1, 0.15) is 23.6 Å². The SMILES string of the molecule is Cc1onc(-c2ccccc2)c1C(=O)NCC(F)(F)F. The van der Waals surface area contributed by atoms with Crippen LogP contribution in [0.15, 0.2) is 34.9 Å². The molecule has 0 saturated carbocycles. The average molecular weight is 284 g/mol. The molecule has 1 N–H and O–H groups in total. The van der Waals surface area contributed by atoms with E-state index in [1.807, 2.05) is 5.32 Å². The fourth-order valence-corrected chi connectivity index (χ4v) is 1.70. The zero-order chi connectivity index (χ0) is 14.8. The minimum absolute atomic E-state index is 0.0143. The van der Waals surface area contributed by atoms with Crippen molar-refractivity contribution in [2.75, 3.05) is 6.54 Å². The monoisotopic (exact) mass is 284 g/mol. The summed E-state index contributed by atoms with van der Waals surface area (Å²) in [5.41, 5.74) is 0.838. The fourth-order valence-electron chi connectivity index (χ4n) is 1.70. The van der Waals surface area contributed by atoms with E-state index < -0.39 is 18.6 Å². The van der Waals surface area contributed by atoms with Gasteiger partial charge < -0.3 is 9.84 Å². The van der Waals surface area contributed by atoms with Crippen LogP contribution in [0.5, 0.6) is 0 Å². The van der Waals surface area contributed by atoms with Crippen LogP contribution in [0.4, 0.5) is 13.2 Å². The molecule has 0 bridgehead atoms. The van der Waals surface area contributed by atoms with Gasteiger partial charge in [0.05, 0.1) is 0 Å². The van der Waals surface area contributed by atoms with Crippen LogP contribution in [0.1, 0.15) is 16.1 Å². The van der Waals surface area contributed by atoms with Crippen LogP contribution in [0, 0.1) is 6.92 Å². The summed E-state index contributed by atoms with van der Waals surface area (Å²) < 4.78 is 41.3. The lowest BCUT2D eigenvalue weighted by Crippen LogP contribution is -2.34. The van der Waals surface area contributed by atoms with E-state index in [-0.39, 0.29) is 17.0 Å². The number of nitrogens with one attached hydrogen (secondary N) is 1. The first kappa shape index (κ1) is 14.1. The van der Waals surface area contributed by atoms with Crippen molar-refractivity contribution in [3.63, 3.8) is 0 Å². The quantitative estimate of drug-likeness (QED) is 0.942. The molecule has 0 atom stereocenters. The van der Waals surface area contributed by atoms with E-state index in [1.165, 1.54) is 6.92 Å². The second-order valence-corrected chi connectivity index (χ2v) is 4.13. The predicted octanol–water partition coefficient (Wildman–Crippen LogP) is 2.94. The number of amides is 1. The summed E-state index contributed by atoms with van der Waals surface area (Å²) in [6, 6.07) is 8.63. The number of carbonyl (C=O) groups excluding carboxylic acids is 1. The highest BCUT2D eigenvalue weighted by Gasteiger charge is 2.30. The minimum atomic E-state index is -4.46. The molecular weight excluding hydrogens is 273 g/mol. The van der Waals surface area contributed by atoms with Crippen LogP contribution in [0.3, 0.4) is 0 Å². The number of rotatable bonds is 3. The number of nitrogens with zero attached hydrogens (tertiary/aromatic N) is 1. The number of carbonyl (C=O) groups is 1. The Bertz CT molecular complexity index is 606. The van der Waals surface area contributed by atoms with Crippen LogP contribution < -0.4 is 5.32 Å². The van der Waals surface area contributed by atoms with Crippen molar-refractivity contribution in [1.29, 1.82) is 0 Å². The maximum Gasteiger partial charge on any atom is 0.405 e. The normalized spacial score (nSPS) is 11.4. The molecule has 0 spiro atoms. The van der Waals surface area contributed by atoms with Gasteiger partial charge in [0.2, 0.25) is 0 Å². The molecule has 1 amide bonds. The molecule has 7 heteroatoms. The molecule has 1 heterocycles. The zero-order valence-corrected chi connectivity index (χ0v) is 10.5. The topological polar surface area (TPSA) is 55.1 Å². The number of hydrogen-bond donors (Lipinski definition) is 1. The van der Waals surface area contributed by atoms with Gasteiger partial charge in [-0.05, 0) is 6.92 Å². The van der Waals surface area contributed by atoms with Crippen LogP contribution in [0.25, 0.3) is 11.3 Å². The van der Waals surface area contributed by atoms with Gasteiger partial charge in [0.15, 0.2) is 0 Å². The molecule has 20 heavy (non-hydrogen) atoms. The average Bonchev–Trinajstić information content (AvgIpc) is 2.78. The number of benzene rings is 1. The number of aryl methyl sites for hydroxylation is 1. The van der Waals surface area contributed by atoms with E-state index >= 15 is 0 Å². The number of alkyl halides is 3. The summed E-state index contributed by atoms with van der Waals surface area (Å²) in [6.45, 7) is 0.0760. The summed E-state index contributed by atoms with van der Waals surface area (Å²) in [6.07, 6.45) is -4.46. The van der Waals surface area contributed by atoms with Crippen LogP contribution in [-0.2, 0) is 0 Å². The Morgan fingerprint density at radius 3 is 2.55 bits per heavy atom. The second-order valence-electron chi connectivity index (χ2n) is 4.13. The molecule has 0 aliphatic heterocycles. The minimum Gasteiger partial charge on any atom is -0.360 e. The first-order chi connectivity index (χ1) is 9.38. The third kappa shape index (κ3) is 3.17. The summed E-state index contributed by atoms with van der Waals surface area (Å²) in [4.78, 5) is 11.9. The molecule has 2 aromatic rings. The highest BCUT2D eigenvalue weighted by atomic mass is 19.4. The van der Waals surface area contributed by atoms with Crippen LogP contribution in [-0.4, -0.2) is 23.8 Å². The molecule has 1 aromatic carbocycles. The molecule has 1 aromatic heterocycles. The molecule has 106 valence electrons. The number of halogens is 3. The number of hydrogen-bond acceptors (Lipinski definition) is 3. The Hall–Kier alpha value is -2.31. The summed E-state index contributed by atoms with van der Waals surface area (Å²) in [7, 11) is 0. The van der Waals surface area contributed by atoms with E-state index in [1.54, 1.807) is 30.3 Å². The van der Waals surface area contributed by atoms with Crippen LogP contribution >= 0.6 is 0 Å². The summed E-state index contributed by atoms with van der Waals surface area (Å²) in [5.74, 6) is -0.691. The molecule has 0 aliphatic rings. The van der Waals surface area contributed by atoms with Gasteiger partial charge in [-0.25, -0.2) is 0 Å². The lowest BCUT2D eigenvalue weighted by atomic mass is 10.1. The first-order valence-electron chi connectivity index (χ1n) is 5.75. The molecule has 0 unspecified atom stereocenters. The maximum absolute atomic E-state index is 12.1. The Morgan fingerprint density at radius 1 is 1.30 bits per heavy atom. The fraction of sp³-hybridized carbons (Fsp3) is 0.231. The van der Waals surface area contributed by atoms with E-state index in [0.29, 0.717) is 5.56 Å². The number of aromatic nitrogens is 1. The van der Waals surface area contributed by atoms with Crippen molar-refractivity contribution in [2.45, 2.75) is 13.1 Å². The van der Waals surface area contributed by atoms with Crippen molar-refractivity contribution in [1.82, 2.24) is 10.5 Å². The maximum atomic E-state index is 12.1. The standard InChI is InChI=1S/C13H11F3N2O2/c1-8-10(12(19)17-7-13(14,15)16)11(18-20-8)9-5-3-2-4-6-9/h2-6H,7H2,1H3,(H,17,19). The van der Waals surface area contributed by atoms with Gasteiger partial charge in [-0.3, -0.25) is 4.79 Å². The summed E-state index contributed by atoms with van der Waals surface area (Å²) >= 11 is 0. The Balaban J connectivity index is 2.28. The molecule has 0 radical (unpaired) electrons. The summed E-state index contributed by atoms with van der Waals surface area (Å²) in [5, 5.41) is 5.55. The smallest absolute Gasteiger partial charge is 0.360 e. The van der Waals surface area contributed by atoms with E-state index in [9.17, 15) is 18.0 Å². The van der Waals surface area contributed by atoms with E-state index in [2.05, 4.69) is 5.16 Å². The zero-order valence-electron chi connectivity index (χ0n) is 10.5. The molecular formula is C13H11F3N2O2. The van der Waals surface area contributed by atoms with Gasteiger partial charge in [0, 0.05) is 5.56 Å². The van der Waals surface area contributed by atoms with Crippen molar-refractivity contribution < 1.29 is 22.5 Å². The van der Waals surface area contributed by atoms with Gasteiger partial charge >= 0.3 is 6.18 Å². The third-order valence-corrected chi connectivity index (χ3v) is 2.59. The van der Waals surface area contributed by atoms with Gasteiger partial charge in [-0.15, -0.1) is 0 Å². The Morgan fingerprint density at radius 2 is 1.95 bits per heavy atom. The lowest BCUT2D eigenvalue weighted by Gasteiger charge is -2.08. The molecule has 0 aliphatic carbocycles. The van der Waals surface area contributed by atoms with Gasteiger partial charge in [-0.2, -0.15) is 13.2 Å². The van der Waals surface area contributed by atoms with E-state index in [0.717, 1.165) is 0 Å². The highest BCUT2D eigenvalue weighted by Crippen LogP contribution is 2.25. The lowest BCUT2D eigenvalue weighted by molar-refractivity contribution is -0.123. The third-order valence-electron chi connectivity index (χ3n) is 2.59. The van der Waals surface area contributed by atoms with Gasteiger partial charge in [0.25, 0.3) is 5.91 Å².